The van der Waals surface area contributed by atoms with Crippen LogP contribution >= 0.6 is 34.9 Å². The van der Waals surface area contributed by atoms with E-state index in [1.807, 2.05) is 28.9 Å². The van der Waals surface area contributed by atoms with Gasteiger partial charge in [0.2, 0.25) is 0 Å². The van der Waals surface area contributed by atoms with Crippen LogP contribution in [0.2, 0.25) is 0 Å². The van der Waals surface area contributed by atoms with E-state index in [1.165, 1.54) is 17.1 Å². The molecule has 0 amide bonds. The van der Waals surface area contributed by atoms with Crippen molar-refractivity contribution in [2.24, 2.45) is 5.73 Å². The van der Waals surface area contributed by atoms with Crippen LogP contribution in [0, 0.1) is 0 Å². The number of nitrogens with zero attached hydrogens (tertiary/aromatic N) is 3. The Hall–Kier alpha value is -0.570. The van der Waals surface area contributed by atoms with Crippen LogP contribution in [0.1, 0.15) is 29.4 Å². The summed E-state index contributed by atoms with van der Waals surface area (Å²) in [7, 11) is 0. The fraction of sp³-hybridized carbons (Fsp3) is 0.583. The normalized spacial score (nSPS) is 23.1. The first-order valence-electron chi connectivity index (χ1n) is 6.53. The lowest BCUT2D eigenvalue weighted by molar-refractivity contribution is 0.420. The van der Waals surface area contributed by atoms with Gasteiger partial charge < -0.3 is 10.3 Å². The van der Waals surface area contributed by atoms with Crippen LogP contribution in [0.3, 0.4) is 0 Å². The van der Waals surface area contributed by atoms with E-state index in [-0.39, 0.29) is 0 Å². The van der Waals surface area contributed by atoms with Crippen LogP contribution in [0.15, 0.2) is 9.90 Å². The van der Waals surface area contributed by atoms with Gasteiger partial charge in [-0.05, 0) is 6.42 Å². The van der Waals surface area contributed by atoms with E-state index in [1.54, 1.807) is 0 Å². The third-order valence-corrected chi connectivity index (χ3v) is 7.21. The van der Waals surface area contributed by atoms with Crippen LogP contribution < -0.4 is 5.73 Å². The summed E-state index contributed by atoms with van der Waals surface area (Å²) in [6, 6.07) is 0. The molecule has 3 heterocycles. The average molecular weight is 328 g/mol. The van der Waals surface area contributed by atoms with E-state index in [9.17, 15) is 0 Å². The molecule has 1 saturated heterocycles. The Balaban J connectivity index is 1.82. The molecular weight excluding hydrogens is 312 g/mol. The second kappa shape index (κ2) is 6.46. The molecule has 5 nitrogen and oxygen atoms in total. The van der Waals surface area contributed by atoms with Gasteiger partial charge >= 0.3 is 0 Å². The van der Waals surface area contributed by atoms with Gasteiger partial charge in [0.1, 0.15) is 10.7 Å². The van der Waals surface area contributed by atoms with E-state index in [2.05, 4.69) is 22.0 Å². The number of thiazole rings is 1. The van der Waals surface area contributed by atoms with E-state index in [4.69, 9.17) is 10.3 Å². The number of thioether (sulfide) groups is 2. The first-order valence-corrected chi connectivity index (χ1v) is 9.51. The van der Waals surface area contributed by atoms with Gasteiger partial charge in [-0.25, -0.2) is 4.98 Å². The van der Waals surface area contributed by atoms with E-state index >= 15 is 0 Å². The highest BCUT2D eigenvalue weighted by Crippen LogP contribution is 2.43. The summed E-state index contributed by atoms with van der Waals surface area (Å²) in [6.45, 7) is 2.66. The molecular formula is C12H16N4OS3. The smallest absolute Gasteiger partial charge is 0.277 e. The van der Waals surface area contributed by atoms with Gasteiger partial charge in [-0.2, -0.15) is 16.7 Å². The fourth-order valence-corrected chi connectivity index (χ4v) is 5.73. The molecule has 3 rings (SSSR count). The van der Waals surface area contributed by atoms with E-state index < -0.39 is 0 Å². The van der Waals surface area contributed by atoms with Crippen LogP contribution in [0.5, 0.6) is 0 Å². The van der Waals surface area contributed by atoms with Crippen molar-refractivity contribution in [3.8, 4) is 11.6 Å². The molecule has 1 fully saturated rings. The first kappa shape index (κ1) is 14.4. The zero-order chi connectivity index (χ0) is 13.9. The SMILES string of the molecule is CCC1SCCSC1c1noc(-c2csc(CN)n2)n1. The summed E-state index contributed by atoms with van der Waals surface area (Å²) in [5.74, 6) is 3.65. The number of aromatic nitrogens is 3. The Labute approximate surface area is 130 Å². The molecule has 0 bridgehead atoms. The highest BCUT2D eigenvalue weighted by Gasteiger charge is 2.30. The monoisotopic (exact) mass is 328 g/mol. The molecule has 2 N–H and O–H groups in total. The van der Waals surface area contributed by atoms with Gasteiger partial charge in [-0.3, -0.25) is 0 Å². The van der Waals surface area contributed by atoms with Crippen LogP contribution in [-0.2, 0) is 6.54 Å². The predicted octanol–water partition coefficient (Wildman–Crippen LogP) is 2.95. The van der Waals surface area contributed by atoms with Crippen molar-refractivity contribution >= 4 is 34.9 Å². The standard InChI is InChI=1S/C12H16N4OS3/c1-2-8-10(19-4-3-18-8)11-15-12(17-16-11)7-6-20-9(5-13)14-7/h6,8,10H,2-5,13H2,1H3. The van der Waals surface area contributed by atoms with Gasteiger partial charge in [-0.15, -0.1) is 23.1 Å². The Morgan fingerprint density at radius 2 is 2.20 bits per heavy atom. The van der Waals surface area contributed by atoms with Gasteiger partial charge in [0.05, 0.1) is 5.25 Å². The molecule has 0 spiro atoms. The second-order valence-corrected chi connectivity index (χ2v) is 7.94. The molecule has 8 heteroatoms. The maximum Gasteiger partial charge on any atom is 0.277 e. The van der Waals surface area contributed by atoms with Crippen molar-refractivity contribution in [2.75, 3.05) is 11.5 Å². The molecule has 108 valence electrons. The maximum absolute atomic E-state index is 5.57. The predicted molar refractivity (Wildman–Crippen MR) is 85.0 cm³/mol. The lowest BCUT2D eigenvalue weighted by Crippen LogP contribution is -2.19. The van der Waals surface area contributed by atoms with Crippen molar-refractivity contribution in [1.82, 2.24) is 15.1 Å². The largest absolute Gasteiger partial charge is 0.332 e. The molecule has 0 aliphatic carbocycles. The summed E-state index contributed by atoms with van der Waals surface area (Å²) in [5.41, 5.74) is 6.31. The fourth-order valence-electron chi connectivity index (χ4n) is 2.10. The minimum absolute atomic E-state index is 0.323. The number of hydrogen-bond donors (Lipinski definition) is 1. The Kier molecular flexibility index (Phi) is 4.65. The molecule has 2 aromatic rings. The van der Waals surface area contributed by atoms with Gasteiger partial charge in [0.15, 0.2) is 5.82 Å². The number of rotatable bonds is 4. The van der Waals surface area contributed by atoms with Crippen molar-refractivity contribution in [3.05, 3.63) is 16.2 Å². The lowest BCUT2D eigenvalue weighted by atomic mass is 10.2. The molecule has 2 unspecified atom stereocenters. The zero-order valence-corrected chi connectivity index (χ0v) is 13.6. The number of hydrogen-bond acceptors (Lipinski definition) is 8. The molecule has 2 atom stereocenters. The third-order valence-electron chi connectivity index (χ3n) is 3.09. The topological polar surface area (TPSA) is 77.8 Å². The summed E-state index contributed by atoms with van der Waals surface area (Å²) in [5, 5.41) is 7.85. The minimum Gasteiger partial charge on any atom is -0.332 e. The van der Waals surface area contributed by atoms with E-state index in [0.717, 1.165) is 28.7 Å². The van der Waals surface area contributed by atoms with Gasteiger partial charge in [0.25, 0.3) is 5.89 Å². The first-order chi connectivity index (χ1) is 9.81. The summed E-state index contributed by atoms with van der Waals surface area (Å²) in [4.78, 5) is 8.92. The van der Waals surface area contributed by atoms with Gasteiger partial charge in [0, 0.05) is 28.7 Å². The van der Waals surface area contributed by atoms with E-state index in [0.29, 0.717) is 22.9 Å². The second-order valence-electron chi connectivity index (χ2n) is 4.40. The van der Waals surface area contributed by atoms with Crippen molar-refractivity contribution < 1.29 is 4.52 Å². The van der Waals surface area contributed by atoms with Crippen LogP contribution in [0.4, 0.5) is 0 Å². The van der Waals surface area contributed by atoms with Crippen LogP contribution in [-0.4, -0.2) is 31.9 Å². The Bertz CT molecular complexity index is 571. The van der Waals surface area contributed by atoms with Crippen molar-refractivity contribution in [1.29, 1.82) is 0 Å². The molecule has 20 heavy (non-hydrogen) atoms. The lowest BCUT2D eigenvalue weighted by Gasteiger charge is -2.27. The molecule has 2 aromatic heterocycles. The molecule has 0 radical (unpaired) electrons. The molecule has 1 aliphatic rings. The Morgan fingerprint density at radius 3 is 2.95 bits per heavy atom. The van der Waals surface area contributed by atoms with Gasteiger partial charge in [-0.1, -0.05) is 12.1 Å². The molecule has 0 aromatic carbocycles. The molecule has 1 aliphatic heterocycles. The maximum atomic E-state index is 5.57. The number of nitrogens with two attached hydrogens (primary N) is 1. The highest BCUT2D eigenvalue weighted by molar-refractivity contribution is 8.06. The Morgan fingerprint density at radius 1 is 1.35 bits per heavy atom. The highest BCUT2D eigenvalue weighted by atomic mass is 32.2. The van der Waals surface area contributed by atoms with Crippen molar-refractivity contribution in [2.45, 2.75) is 30.4 Å². The van der Waals surface area contributed by atoms with Crippen LogP contribution in [0.25, 0.3) is 11.6 Å². The molecule has 0 saturated carbocycles. The summed E-state index contributed by atoms with van der Waals surface area (Å²) in [6.07, 6.45) is 1.13. The third kappa shape index (κ3) is 2.88. The van der Waals surface area contributed by atoms with Crippen molar-refractivity contribution in [3.63, 3.8) is 0 Å². The zero-order valence-electron chi connectivity index (χ0n) is 11.1. The minimum atomic E-state index is 0.323. The quantitative estimate of drug-likeness (QED) is 0.924. The average Bonchev–Trinajstić information content (AvgIpc) is 3.15. The summed E-state index contributed by atoms with van der Waals surface area (Å²) >= 11 is 5.45. The summed E-state index contributed by atoms with van der Waals surface area (Å²) < 4.78 is 5.37.